The van der Waals surface area contributed by atoms with Crippen molar-refractivity contribution in [1.82, 2.24) is 0 Å². The molecule has 0 heterocycles. The largest absolute Gasteiger partial charge is 0.481 e. The Hall–Kier alpha value is -2.61. The quantitative estimate of drug-likeness (QED) is 0.154. The number of Topliss-reactive ketones (excluding diaryl/α,β-unsaturated/α-hetero) is 1. The summed E-state index contributed by atoms with van der Waals surface area (Å²) in [6, 6.07) is 0. The Kier molecular flexibility index (Phi) is 7.58. The standard InChI is InChI=1S/C14H20O13/c1-6(15)12(25,3-9(19)20)14(27,5-11(23)24)13(26,4-10(21)22)7(16)2-8(17)18/h6,15,25-27H,2-5H2,1H3,(H,17,18)(H,19,20)(H,21,22)(H,23,24)/t6-,12-,13-,14+/m0/s1. The molecule has 27 heavy (non-hydrogen) atoms. The number of aliphatic hydroxyl groups excluding tert-OH is 1. The number of carbonyl (C=O) groups is 5. The molecule has 4 atom stereocenters. The normalized spacial score (nSPS) is 19.0. The molecule has 13 heteroatoms. The molecule has 8 N–H and O–H groups in total. The number of ketones is 1. The van der Waals surface area contributed by atoms with Crippen molar-refractivity contribution in [2.45, 2.75) is 55.5 Å². The maximum absolute atomic E-state index is 12.2. The second kappa shape index (κ2) is 8.39. The molecular formula is C14H20O13. The van der Waals surface area contributed by atoms with E-state index in [-0.39, 0.29) is 0 Å². The zero-order chi connectivity index (χ0) is 21.8. The highest BCUT2D eigenvalue weighted by Gasteiger charge is 2.68. The lowest BCUT2D eigenvalue weighted by Crippen LogP contribution is -2.75. The van der Waals surface area contributed by atoms with E-state index in [1.807, 2.05) is 0 Å². The van der Waals surface area contributed by atoms with E-state index in [1.165, 1.54) is 0 Å². The number of carboxylic acid groups (broad SMARTS) is 4. The van der Waals surface area contributed by atoms with E-state index in [9.17, 15) is 44.4 Å². The van der Waals surface area contributed by atoms with Crippen LogP contribution in [0.1, 0.15) is 32.6 Å². The minimum atomic E-state index is -3.79. The van der Waals surface area contributed by atoms with Gasteiger partial charge >= 0.3 is 23.9 Å². The molecule has 0 radical (unpaired) electrons. The summed E-state index contributed by atoms with van der Waals surface area (Å²) in [6.07, 6.45) is -9.07. The van der Waals surface area contributed by atoms with Crippen LogP contribution in [0.4, 0.5) is 0 Å². The summed E-state index contributed by atoms with van der Waals surface area (Å²) >= 11 is 0. The first kappa shape index (κ1) is 24.4. The summed E-state index contributed by atoms with van der Waals surface area (Å²) < 4.78 is 0. The van der Waals surface area contributed by atoms with Gasteiger partial charge in [0.25, 0.3) is 0 Å². The lowest BCUT2D eigenvalue weighted by molar-refractivity contribution is -0.270. The topological polar surface area (TPSA) is 247 Å². The molecule has 0 aliphatic carbocycles. The monoisotopic (exact) mass is 396 g/mol. The first-order valence-corrected chi connectivity index (χ1v) is 7.29. The molecule has 0 aromatic heterocycles. The SMILES string of the molecule is C[C@H](O)[C@@](O)(CC(=O)O)[C@](O)(CC(=O)O)[C@](O)(CC(=O)O)C(=O)CC(=O)O. The van der Waals surface area contributed by atoms with E-state index < -0.39 is 78.3 Å². The highest BCUT2D eigenvalue weighted by atomic mass is 16.4. The van der Waals surface area contributed by atoms with Crippen LogP contribution in [-0.4, -0.2) is 93.4 Å². The summed E-state index contributed by atoms with van der Waals surface area (Å²) in [7, 11) is 0. The van der Waals surface area contributed by atoms with E-state index in [0.717, 1.165) is 0 Å². The molecule has 0 aliphatic heterocycles. The fourth-order valence-electron chi connectivity index (χ4n) is 2.72. The van der Waals surface area contributed by atoms with Crippen molar-refractivity contribution in [3.8, 4) is 0 Å². The Labute approximate surface area is 151 Å². The van der Waals surface area contributed by atoms with Crippen LogP contribution in [-0.2, 0) is 24.0 Å². The van der Waals surface area contributed by atoms with Gasteiger partial charge in [-0.3, -0.25) is 24.0 Å². The first-order valence-electron chi connectivity index (χ1n) is 7.29. The fourth-order valence-corrected chi connectivity index (χ4v) is 2.72. The van der Waals surface area contributed by atoms with Gasteiger partial charge in [0, 0.05) is 0 Å². The lowest BCUT2D eigenvalue weighted by Gasteiger charge is -2.51. The van der Waals surface area contributed by atoms with Crippen molar-refractivity contribution in [3.05, 3.63) is 0 Å². The molecule has 0 rings (SSSR count). The van der Waals surface area contributed by atoms with E-state index in [2.05, 4.69) is 0 Å². The maximum Gasteiger partial charge on any atom is 0.310 e. The Balaban J connectivity index is 6.86. The molecule has 0 amide bonds. The van der Waals surface area contributed by atoms with E-state index in [0.29, 0.717) is 6.92 Å². The third-order valence-electron chi connectivity index (χ3n) is 4.10. The Morgan fingerprint density at radius 3 is 1.44 bits per heavy atom. The van der Waals surface area contributed by atoms with Crippen LogP contribution >= 0.6 is 0 Å². The third kappa shape index (κ3) is 4.97. The number of carbonyl (C=O) groups excluding carboxylic acids is 1. The van der Waals surface area contributed by atoms with Crippen molar-refractivity contribution >= 4 is 29.7 Å². The lowest BCUT2D eigenvalue weighted by atomic mass is 9.62. The van der Waals surface area contributed by atoms with Gasteiger partial charge in [-0.15, -0.1) is 0 Å². The third-order valence-corrected chi connectivity index (χ3v) is 4.10. The molecule has 0 aliphatic rings. The van der Waals surface area contributed by atoms with Crippen LogP contribution in [0.5, 0.6) is 0 Å². The highest BCUT2D eigenvalue weighted by molar-refractivity contribution is 6.02. The average Bonchev–Trinajstić information content (AvgIpc) is 2.43. The highest BCUT2D eigenvalue weighted by Crippen LogP contribution is 2.43. The van der Waals surface area contributed by atoms with Gasteiger partial charge in [-0.2, -0.15) is 0 Å². The molecular weight excluding hydrogens is 376 g/mol. The molecule has 13 nitrogen and oxygen atoms in total. The summed E-state index contributed by atoms with van der Waals surface area (Å²) in [6.45, 7) is 0.693. The fraction of sp³-hybridized carbons (Fsp3) is 0.643. The van der Waals surface area contributed by atoms with Gasteiger partial charge < -0.3 is 40.9 Å². The van der Waals surface area contributed by atoms with Gasteiger partial charge in [0.05, 0.1) is 25.4 Å². The Morgan fingerprint density at radius 1 is 0.741 bits per heavy atom. The van der Waals surface area contributed by atoms with Crippen molar-refractivity contribution in [2.24, 2.45) is 0 Å². The Morgan fingerprint density at radius 2 is 1.15 bits per heavy atom. The van der Waals surface area contributed by atoms with Crippen LogP contribution in [0.2, 0.25) is 0 Å². The zero-order valence-electron chi connectivity index (χ0n) is 14.0. The molecule has 0 aromatic carbocycles. The van der Waals surface area contributed by atoms with Crippen LogP contribution < -0.4 is 0 Å². The minimum Gasteiger partial charge on any atom is -0.481 e. The molecule has 154 valence electrons. The van der Waals surface area contributed by atoms with Crippen LogP contribution in [0.15, 0.2) is 0 Å². The summed E-state index contributed by atoms with van der Waals surface area (Å²) in [5, 5.41) is 77.3. The second-order valence-corrected chi connectivity index (χ2v) is 6.03. The van der Waals surface area contributed by atoms with Gasteiger partial charge in [-0.25, -0.2) is 0 Å². The van der Waals surface area contributed by atoms with E-state index in [1.54, 1.807) is 0 Å². The second-order valence-electron chi connectivity index (χ2n) is 6.03. The smallest absolute Gasteiger partial charge is 0.310 e. The van der Waals surface area contributed by atoms with E-state index >= 15 is 0 Å². The predicted molar refractivity (Wildman–Crippen MR) is 80.5 cm³/mol. The maximum atomic E-state index is 12.2. The van der Waals surface area contributed by atoms with Crippen molar-refractivity contribution in [3.63, 3.8) is 0 Å². The number of hydrogen-bond acceptors (Lipinski definition) is 9. The van der Waals surface area contributed by atoms with Crippen LogP contribution in [0, 0.1) is 0 Å². The van der Waals surface area contributed by atoms with E-state index in [4.69, 9.17) is 20.4 Å². The number of aliphatic carboxylic acids is 4. The van der Waals surface area contributed by atoms with Crippen molar-refractivity contribution in [1.29, 1.82) is 0 Å². The average molecular weight is 396 g/mol. The Bertz CT molecular complexity index is 641. The first-order chi connectivity index (χ1) is 12.0. The van der Waals surface area contributed by atoms with Crippen molar-refractivity contribution < 1.29 is 64.8 Å². The molecule has 0 saturated carbocycles. The molecule has 0 fully saturated rings. The van der Waals surface area contributed by atoms with Crippen LogP contribution in [0.3, 0.4) is 0 Å². The number of carboxylic acids is 4. The number of rotatable bonds is 12. The zero-order valence-corrected chi connectivity index (χ0v) is 14.0. The van der Waals surface area contributed by atoms with Gasteiger partial charge in [0.2, 0.25) is 0 Å². The van der Waals surface area contributed by atoms with Gasteiger partial charge in [-0.05, 0) is 6.92 Å². The molecule has 0 spiro atoms. The molecule has 0 saturated heterocycles. The summed E-state index contributed by atoms with van der Waals surface area (Å²) in [4.78, 5) is 56.3. The predicted octanol–water partition coefficient (Wildman–Crippen LogP) is -2.97. The summed E-state index contributed by atoms with van der Waals surface area (Å²) in [5.74, 6) is -9.74. The van der Waals surface area contributed by atoms with Gasteiger partial charge in [0.15, 0.2) is 11.4 Å². The number of hydrogen-bond donors (Lipinski definition) is 8. The molecule has 0 aromatic rings. The van der Waals surface area contributed by atoms with Crippen molar-refractivity contribution in [2.75, 3.05) is 0 Å². The molecule has 0 bridgehead atoms. The molecule has 0 unspecified atom stereocenters. The van der Waals surface area contributed by atoms with Gasteiger partial charge in [0.1, 0.15) is 17.6 Å². The summed E-state index contributed by atoms with van der Waals surface area (Å²) in [5.41, 5.74) is -11.0. The van der Waals surface area contributed by atoms with Crippen LogP contribution in [0.25, 0.3) is 0 Å². The van der Waals surface area contributed by atoms with Gasteiger partial charge in [-0.1, -0.05) is 0 Å². The minimum absolute atomic E-state index is 0.693. The number of aliphatic hydroxyl groups is 4.